The number of hydrogen-bond acceptors (Lipinski definition) is 3. The maximum atomic E-state index is 12.8. The van der Waals surface area contributed by atoms with E-state index in [4.69, 9.17) is 11.6 Å². The summed E-state index contributed by atoms with van der Waals surface area (Å²) in [6.45, 7) is 5.17. The molecule has 0 aliphatic rings. The van der Waals surface area contributed by atoms with E-state index in [1.54, 1.807) is 16.9 Å². The Balaban J connectivity index is 1.47. The molecule has 7 heteroatoms. The highest BCUT2D eigenvalue weighted by molar-refractivity contribution is 6.33. The van der Waals surface area contributed by atoms with Gasteiger partial charge in [-0.1, -0.05) is 54.1 Å². The monoisotopic (exact) mass is 419 g/mol. The van der Waals surface area contributed by atoms with Crippen LogP contribution in [-0.4, -0.2) is 25.5 Å². The van der Waals surface area contributed by atoms with Gasteiger partial charge in [-0.3, -0.25) is 14.2 Å². The Morgan fingerprint density at radius 2 is 1.73 bits per heavy atom. The van der Waals surface area contributed by atoms with E-state index >= 15 is 0 Å². The number of aromatic nitrogens is 4. The largest absolute Gasteiger partial charge is 0.304 e. The molecule has 1 amide bonds. The Hall–Kier alpha value is -3.38. The van der Waals surface area contributed by atoms with Crippen molar-refractivity contribution >= 4 is 23.3 Å². The van der Waals surface area contributed by atoms with Crippen molar-refractivity contribution in [3.63, 3.8) is 0 Å². The SMILES string of the molecule is Cc1cc(C)n(Cc2cccc(C(=O)Nc3nn(Cc4ccccc4)cc3Cl)c2)n1. The summed E-state index contributed by atoms with van der Waals surface area (Å²) in [5.41, 5.74) is 4.70. The van der Waals surface area contributed by atoms with Gasteiger partial charge in [-0.2, -0.15) is 10.2 Å². The van der Waals surface area contributed by atoms with E-state index < -0.39 is 0 Å². The van der Waals surface area contributed by atoms with E-state index in [-0.39, 0.29) is 5.91 Å². The average molecular weight is 420 g/mol. The van der Waals surface area contributed by atoms with Crippen molar-refractivity contribution in [2.45, 2.75) is 26.9 Å². The number of halogens is 1. The van der Waals surface area contributed by atoms with E-state index in [1.165, 1.54) is 0 Å². The molecule has 0 radical (unpaired) electrons. The van der Waals surface area contributed by atoms with Crippen molar-refractivity contribution in [3.05, 3.63) is 100.0 Å². The van der Waals surface area contributed by atoms with Crippen LogP contribution in [0.25, 0.3) is 0 Å². The first-order valence-corrected chi connectivity index (χ1v) is 10.0. The quantitative estimate of drug-likeness (QED) is 0.492. The lowest BCUT2D eigenvalue weighted by Crippen LogP contribution is -2.14. The van der Waals surface area contributed by atoms with E-state index in [9.17, 15) is 4.79 Å². The van der Waals surface area contributed by atoms with Gasteiger partial charge >= 0.3 is 0 Å². The first-order chi connectivity index (χ1) is 14.5. The summed E-state index contributed by atoms with van der Waals surface area (Å²) in [7, 11) is 0. The molecule has 0 fully saturated rings. The zero-order valence-corrected chi connectivity index (χ0v) is 17.6. The molecule has 4 aromatic rings. The Morgan fingerprint density at radius 3 is 2.47 bits per heavy atom. The molecule has 2 aromatic carbocycles. The molecule has 0 aliphatic heterocycles. The molecule has 0 aliphatic carbocycles. The fourth-order valence-electron chi connectivity index (χ4n) is 3.33. The van der Waals surface area contributed by atoms with Crippen LogP contribution in [0.2, 0.25) is 5.02 Å². The topological polar surface area (TPSA) is 64.7 Å². The predicted octanol–water partition coefficient (Wildman–Crippen LogP) is 4.70. The van der Waals surface area contributed by atoms with Crippen LogP contribution in [0, 0.1) is 13.8 Å². The summed E-state index contributed by atoms with van der Waals surface area (Å²) in [6, 6.07) is 19.5. The lowest BCUT2D eigenvalue weighted by atomic mass is 10.1. The minimum Gasteiger partial charge on any atom is -0.304 e. The number of anilines is 1. The maximum absolute atomic E-state index is 12.8. The molecular weight excluding hydrogens is 398 g/mol. The summed E-state index contributed by atoms with van der Waals surface area (Å²) in [5.74, 6) is 0.0959. The molecule has 4 rings (SSSR count). The first-order valence-electron chi connectivity index (χ1n) is 9.66. The Bertz CT molecular complexity index is 1180. The van der Waals surface area contributed by atoms with Gasteiger partial charge in [0.05, 0.1) is 18.8 Å². The van der Waals surface area contributed by atoms with Gasteiger partial charge in [-0.05, 0) is 43.2 Å². The minimum absolute atomic E-state index is 0.253. The Labute approximate surface area is 180 Å². The summed E-state index contributed by atoms with van der Waals surface area (Å²) >= 11 is 6.29. The number of carbonyl (C=O) groups is 1. The Kier molecular flexibility index (Phi) is 5.68. The lowest BCUT2D eigenvalue weighted by molar-refractivity contribution is 0.102. The molecule has 152 valence electrons. The van der Waals surface area contributed by atoms with Crippen molar-refractivity contribution in [2.75, 3.05) is 5.32 Å². The van der Waals surface area contributed by atoms with Gasteiger partial charge in [0.2, 0.25) is 0 Å². The van der Waals surface area contributed by atoms with E-state index in [2.05, 4.69) is 15.5 Å². The van der Waals surface area contributed by atoms with Crippen LogP contribution < -0.4 is 5.32 Å². The van der Waals surface area contributed by atoms with Gasteiger partial charge in [-0.15, -0.1) is 0 Å². The third-order valence-corrected chi connectivity index (χ3v) is 5.04. The second kappa shape index (κ2) is 8.55. The number of amides is 1. The fourth-order valence-corrected chi connectivity index (χ4v) is 3.53. The zero-order valence-electron chi connectivity index (χ0n) is 16.8. The van der Waals surface area contributed by atoms with Gasteiger partial charge in [0.15, 0.2) is 5.82 Å². The fraction of sp³-hybridized carbons (Fsp3) is 0.174. The van der Waals surface area contributed by atoms with Crippen molar-refractivity contribution in [3.8, 4) is 0 Å². The third kappa shape index (κ3) is 4.60. The van der Waals surface area contributed by atoms with E-state index in [0.717, 1.165) is 22.5 Å². The Morgan fingerprint density at radius 1 is 0.967 bits per heavy atom. The number of nitrogens with one attached hydrogen (secondary N) is 1. The highest BCUT2D eigenvalue weighted by Gasteiger charge is 2.13. The molecule has 0 unspecified atom stereocenters. The van der Waals surface area contributed by atoms with Gasteiger partial charge in [0, 0.05) is 17.5 Å². The molecular formula is C23H22ClN5O. The van der Waals surface area contributed by atoms with Crippen LogP contribution >= 0.6 is 11.6 Å². The standard InChI is InChI=1S/C23H22ClN5O/c1-16-11-17(2)29(26-16)14-19-9-6-10-20(12-19)23(30)25-22-21(24)15-28(27-22)13-18-7-4-3-5-8-18/h3-12,15H,13-14H2,1-2H3,(H,25,27,30). The van der Waals surface area contributed by atoms with Crippen LogP contribution in [0.15, 0.2) is 66.9 Å². The van der Waals surface area contributed by atoms with E-state index in [1.807, 2.05) is 73.1 Å². The highest BCUT2D eigenvalue weighted by atomic mass is 35.5. The number of hydrogen-bond donors (Lipinski definition) is 1. The smallest absolute Gasteiger partial charge is 0.256 e. The van der Waals surface area contributed by atoms with Crippen LogP contribution in [0.4, 0.5) is 5.82 Å². The van der Waals surface area contributed by atoms with Gasteiger partial charge < -0.3 is 5.32 Å². The number of benzene rings is 2. The molecule has 30 heavy (non-hydrogen) atoms. The molecule has 1 N–H and O–H groups in total. The van der Waals surface area contributed by atoms with Crippen LogP contribution in [0.5, 0.6) is 0 Å². The molecule has 2 aromatic heterocycles. The highest BCUT2D eigenvalue weighted by Crippen LogP contribution is 2.21. The van der Waals surface area contributed by atoms with Crippen LogP contribution in [0.3, 0.4) is 0 Å². The lowest BCUT2D eigenvalue weighted by Gasteiger charge is -2.08. The third-order valence-electron chi connectivity index (χ3n) is 4.76. The number of nitrogens with zero attached hydrogens (tertiary/aromatic N) is 4. The van der Waals surface area contributed by atoms with Crippen molar-refractivity contribution in [1.29, 1.82) is 0 Å². The normalized spacial score (nSPS) is 10.9. The number of carbonyl (C=O) groups excluding carboxylic acids is 1. The summed E-state index contributed by atoms with van der Waals surface area (Å²) in [6.07, 6.45) is 1.71. The van der Waals surface area contributed by atoms with E-state index in [0.29, 0.717) is 29.5 Å². The molecule has 0 saturated heterocycles. The zero-order chi connectivity index (χ0) is 21.1. The van der Waals surface area contributed by atoms with Crippen LogP contribution in [0.1, 0.15) is 32.9 Å². The van der Waals surface area contributed by atoms with Gasteiger partial charge in [0.1, 0.15) is 5.02 Å². The molecule has 6 nitrogen and oxygen atoms in total. The van der Waals surface area contributed by atoms with Crippen molar-refractivity contribution in [2.24, 2.45) is 0 Å². The molecule has 0 bridgehead atoms. The molecule has 0 atom stereocenters. The minimum atomic E-state index is -0.253. The van der Waals surface area contributed by atoms with Crippen molar-refractivity contribution < 1.29 is 4.79 Å². The maximum Gasteiger partial charge on any atom is 0.256 e. The number of rotatable bonds is 6. The summed E-state index contributed by atoms with van der Waals surface area (Å²) in [5, 5.41) is 12.1. The molecule has 0 spiro atoms. The van der Waals surface area contributed by atoms with Gasteiger partial charge in [-0.25, -0.2) is 0 Å². The second-order valence-corrected chi connectivity index (χ2v) is 7.66. The second-order valence-electron chi connectivity index (χ2n) is 7.25. The summed E-state index contributed by atoms with van der Waals surface area (Å²) in [4.78, 5) is 12.8. The predicted molar refractivity (Wildman–Crippen MR) is 118 cm³/mol. The van der Waals surface area contributed by atoms with Crippen molar-refractivity contribution in [1.82, 2.24) is 19.6 Å². The molecule has 2 heterocycles. The average Bonchev–Trinajstić information content (AvgIpc) is 3.23. The number of aryl methyl sites for hydroxylation is 2. The molecule has 0 saturated carbocycles. The van der Waals surface area contributed by atoms with Gasteiger partial charge in [0.25, 0.3) is 5.91 Å². The summed E-state index contributed by atoms with van der Waals surface area (Å²) < 4.78 is 3.64. The van der Waals surface area contributed by atoms with Crippen LogP contribution in [-0.2, 0) is 13.1 Å². The first kappa shape index (κ1) is 19.9.